The van der Waals surface area contributed by atoms with Crippen LogP contribution in [0.4, 0.5) is 0 Å². The van der Waals surface area contributed by atoms with Gasteiger partial charge in [0.25, 0.3) is 0 Å². The Morgan fingerprint density at radius 1 is 1.46 bits per heavy atom. The maximum Gasteiger partial charge on any atom is 0.147 e. The van der Waals surface area contributed by atoms with Gasteiger partial charge in [0, 0.05) is 12.3 Å². The van der Waals surface area contributed by atoms with Crippen LogP contribution in [0.15, 0.2) is 0 Å². The number of sulfone groups is 1. The van der Waals surface area contributed by atoms with Crippen LogP contribution in [0.1, 0.15) is 25.7 Å². The second-order valence-corrected chi connectivity index (χ2v) is 6.26. The van der Waals surface area contributed by atoms with Crippen LogP contribution in [-0.4, -0.2) is 33.5 Å². The van der Waals surface area contributed by atoms with Crippen LogP contribution >= 0.6 is 0 Å². The largest absolute Gasteiger partial charge is 0.317 e. The van der Waals surface area contributed by atoms with Gasteiger partial charge in [-0.3, -0.25) is 0 Å². The van der Waals surface area contributed by atoms with Crippen molar-refractivity contribution in [3.8, 4) is 0 Å². The summed E-state index contributed by atoms with van der Waals surface area (Å²) in [6, 6.07) is 0.406. The van der Waals surface area contributed by atoms with Gasteiger partial charge in [0.15, 0.2) is 0 Å². The summed E-state index contributed by atoms with van der Waals surface area (Å²) in [4.78, 5) is 0. The molecule has 0 aromatic heterocycles. The first kappa shape index (κ1) is 11.0. The highest BCUT2D eigenvalue weighted by Crippen LogP contribution is 2.30. The Morgan fingerprint density at radius 3 is 2.38 bits per heavy atom. The molecule has 0 bridgehead atoms. The molecule has 0 aliphatic heterocycles. The predicted octanol–water partition coefficient (Wildman–Crippen LogP) is 0.809. The van der Waals surface area contributed by atoms with Crippen molar-refractivity contribution in [2.75, 3.05) is 19.1 Å². The third kappa shape index (κ3) is 3.65. The van der Waals surface area contributed by atoms with Gasteiger partial charge in [-0.2, -0.15) is 0 Å². The summed E-state index contributed by atoms with van der Waals surface area (Å²) < 4.78 is 21.9. The van der Waals surface area contributed by atoms with E-state index in [0.29, 0.717) is 17.7 Å². The lowest BCUT2D eigenvalue weighted by atomic mass is 9.79. The first-order valence-electron chi connectivity index (χ1n) is 4.88. The van der Waals surface area contributed by atoms with E-state index in [1.54, 1.807) is 0 Å². The standard InChI is InChI=1S/C9H19NO2S/c1-10-9(8-4-3-5-8)6-7-13(2,11)12/h8-10H,3-7H2,1-2H3. The van der Waals surface area contributed by atoms with Gasteiger partial charge in [0.05, 0.1) is 5.75 Å². The van der Waals surface area contributed by atoms with Gasteiger partial charge in [-0.25, -0.2) is 8.42 Å². The zero-order chi connectivity index (χ0) is 9.90. The van der Waals surface area contributed by atoms with Crippen molar-refractivity contribution < 1.29 is 8.42 Å². The van der Waals surface area contributed by atoms with Crippen LogP contribution in [0.5, 0.6) is 0 Å². The first-order valence-corrected chi connectivity index (χ1v) is 6.94. The Hall–Kier alpha value is -0.0900. The van der Waals surface area contributed by atoms with Gasteiger partial charge >= 0.3 is 0 Å². The zero-order valence-electron chi connectivity index (χ0n) is 8.41. The van der Waals surface area contributed by atoms with E-state index >= 15 is 0 Å². The molecular weight excluding hydrogens is 186 g/mol. The summed E-state index contributed by atoms with van der Waals surface area (Å²) in [5.41, 5.74) is 0. The SMILES string of the molecule is CNC(CCS(C)(=O)=O)C1CCC1. The second kappa shape index (κ2) is 4.42. The summed E-state index contributed by atoms with van der Waals surface area (Å²) >= 11 is 0. The fourth-order valence-corrected chi connectivity index (χ4v) is 2.48. The molecule has 0 heterocycles. The smallest absolute Gasteiger partial charge is 0.147 e. The van der Waals surface area contributed by atoms with Crippen LogP contribution in [0, 0.1) is 5.92 Å². The molecule has 1 aliphatic rings. The average molecular weight is 205 g/mol. The maximum absolute atomic E-state index is 11.0. The van der Waals surface area contributed by atoms with Gasteiger partial charge < -0.3 is 5.32 Å². The number of hydrogen-bond donors (Lipinski definition) is 1. The van der Waals surface area contributed by atoms with Gasteiger partial charge in [-0.1, -0.05) is 6.42 Å². The third-order valence-electron chi connectivity index (χ3n) is 2.89. The van der Waals surface area contributed by atoms with Gasteiger partial charge in [-0.05, 0) is 32.2 Å². The van der Waals surface area contributed by atoms with Crippen molar-refractivity contribution in [2.45, 2.75) is 31.7 Å². The quantitative estimate of drug-likeness (QED) is 0.722. The van der Waals surface area contributed by atoms with E-state index in [4.69, 9.17) is 0 Å². The molecule has 0 aromatic rings. The molecule has 0 spiro atoms. The van der Waals surface area contributed by atoms with E-state index < -0.39 is 9.84 Å². The van der Waals surface area contributed by atoms with E-state index in [-0.39, 0.29) is 0 Å². The monoisotopic (exact) mass is 205 g/mol. The van der Waals surface area contributed by atoms with Crippen molar-refractivity contribution in [1.82, 2.24) is 5.32 Å². The molecular formula is C9H19NO2S. The Kier molecular flexibility index (Phi) is 3.74. The summed E-state index contributed by atoms with van der Waals surface area (Å²) in [5, 5.41) is 3.21. The molecule has 1 rings (SSSR count). The topological polar surface area (TPSA) is 46.2 Å². The molecule has 0 radical (unpaired) electrons. The van der Waals surface area contributed by atoms with E-state index in [1.807, 2.05) is 7.05 Å². The molecule has 0 saturated heterocycles. The normalized spacial score (nSPS) is 21.1. The third-order valence-corrected chi connectivity index (χ3v) is 3.87. The second-order valence-electron chi connectivity index (χ2n) is 4.00. The van der Waals surface area contributed by atoms with Crippen LogP contribution < -0.4 is 5.32 Å². The molecule has 1 saturated carbocycles. The summed E-state index contributed by atoms with van der Waals surface area (Å²) in [6.07, 6.45) is 5.90. The van der Waals surface area contributed by atoms with Gasteiger partial charge in [0.1, 0.15) is 9.84 Å². The van der Waals surface area contributed by atoms with Crippen LogP contribution in [0.2, 0.25) is 0 Å². The van der Waals surface area contributed by atoms with Crippen molar-refractivity contribution in [3.63, 3.8) is 0 Å². The van der Waals surface area contributed by atoms with E-state index in [2.05, 4.69) is 5.32 Å². The van der Waals surface area contributed by atoms with Crippen LogP contribution in [0.3, 0.4) is 0 Å². The minimum Gasteiger partial charge on any atom is -0.317 e. The molecule has 13 heavy (non-hydrogen) atoms. The van der Waals surface area contributed by atoms with Crippen LogP contribution in [-0.2, 0) is 9.84 Å². The summed E-state index contributed by atoms with van der Waals surface area (Å²) in [6.45, 7) is 0. The van der Waals surface area contributed by atoms with E-state index in [9.17, 15) is 8.42 Å². The average Bonchev–Trinajstić information content (AvgIpc) is 1.91. The van der Waals surface area contributed by atoms with Crippen molar-refractivity contribution in [2.24, 2.45) is 5.92 Å². The molecule has 1 N–H and O–H groups in total. The minimum absolute atomic E-state index is 0.314. The van der Waals surface area contributed by atoms with E-state index in [0.717, 1.165) is 6.42 Å². The molecule has 4 heteroatoms. The lowest BCUT2D eigenvalue weighted by molar-refractivity contribution is 0.233. The Balaban J connectivity index is 2.31. The molecule has 1 fully saturated rings. The predicted molar refractivity (Wildman–Crippen MR) is 54.5 cm³/mol. The Labute approximate surface area is 80.8 Å². The highest BCUT2D eigenvalue weighted by atomic mass is 32.2. The van der Waals surface area contributed by atoms with Gasteiger partial charge in [-0.15, -0.1) is 0 Å². The summed E-state index contributed by atoms with van der Waals surface area (Å²) in [7, 11) is -0.865. The fourth-order valence-electron chi connectivity index (χ4n) is 1.80. The Bertz CT molecular complexity index is 244. The highest BCUT2D eigenvalue weighted by molar-refractivity contribution is 7.90. The number of nitrogens with one attached hydrogen (secondary N) is 1. The zero-order valence-corrected chi connectivity index (χ0v) is 9.23. The molecule has 1 atom stereocenters. The van der Waals surface area contributed by atoms with E-state index in [1.165, 1.54) is 25.5 Å². The number of hydrogen-bond acceptors (Lipinski definition) is 3. The van der Waals surface area contributed by atoms with Crippen molar-refractivity contribution in [3.05, 3.63) is 0 Å². The molecule has 0 aromatic carbocycles. The van der Waals surface area contributed by atoms with Crippen molar-refractivity contribution >= 4 is 9.84 Å². The fraction of sp³-hybridized carbons (Fsp3) is 1.00. The Morgan fingerprint density at radius 2 is 2.08 bits per heavy atom. The van der Waals surface area contributed by atoms with Crippen LogP contribution in [0.25, 0.3) is 0 Å². The number of rotatable bonds is 5. The molecule has 1 aliphatic carbocycles. The maximum atomic E-state index is 11.0. The van der Waals surface area contributed by atoms with Gasteiger partial charge in [0.2, 0.25) is 0 Å². The minimum atomic E-state index is -2.79. The lowest BCUT2D eigenvalue weighted by Crippen LogP contribution is -2.38. The highest BCUT2D eigenvalue weighted by Gasteiger charge is 2.26. The molecule has 1 unspecified atom stereocenters. The summed E-state index contributed by atoms with van der Waals surface area (Å²) in [5.74, 6) is 1.03. The lowest BCUT2D eigenvalue weighted by Gasteiger charge is -2.33. The molecule has 3 nitrogen and oxygen atoms in total. The molecule has 78 valence electrons. The molecule has 0 amide bonds. The first-order chi connectivity index (χ1) is 6.03. The van der Waals surface area contributed by atoms with Crippen molar-refractivity contribution in [1.29, 1.82) is 0 Å².